The van der Waals surface area contributed by atoms with Crippen LogP contribution in [0.2, 0.25) is 0 Å². The molecule has 1 spiro atoms. The number of hydrogen-bond acceptors (Lipinski definition) is 3. The normalized spacial score (nSPS) is 29.2. The largest absolute Gasteiger partial charge is 0.385 e. The Labute approximate surface area is 83.0 Å². The van der Waals surface area contributed by atoms with Gasteiger partial charge in [0.1, 0.15) is 11.9 Å². The van der Waals surface area contributed by atoms with E-state index in [1.54, 1.807) is 0 Å². The van der Waals surface area contributed by atoms with Gasteiger partial charge >= 0.3 is 0 Å². The lowest BCUT2D eigenvalue weighted by atomic mass is 10.1. The molecule has 2 aliphatic carbocycles. The highest BCUT2D eigenvalue weighted by Crippen LogP contribution is 2.73. The zero-order chi connectivity index (χ0) is 9.92. The minimum absolute atomic E-state index is 0.399. The summed E-state index contributed by atoms with van der Waals surface area (Å²) in [6, 6.07) is 0. The predicted molar refractivity (Wildman–Crippen MR) is 50.5 cm³/mol. The Hall–Kier alpha value is -0.900. The molecule has 3 rings (SSSR count). The zero-order valence-corrected chi connectivity index (χ0v) is 8.56. The van der Waals surface area contributed by atoms with Crippen molar-refractivity contribution in [2.75, 3.05) is 0 Å². The van der Waals surface area contributed by atoms with Crippen LogP contribution in [-0.4, -0.2) is 19.9 Å². The molecule has 2 aliphatic rings. The summed E-state index contributed by atoms with van der Waals surface area (Å²) < 4.78 is 1.89. The molecule has 2 saturated carbocycles. The minimum atomic E-state index is -0.399. The average Bonchev–Trinajstić information content (AvgIpc) is 3.06. The number of aromatic nitrogens is 3. The van der Waals surface area contributed by atoms with Crippen molar-refractivity contribution in [2.45, 2.75) is 32.3 Å². The van der Waals surface area contributed by atoms with Crippen molar-refractivity contribution in [3.63, 3.8) is 0 Å². The van der Waals surface area contributed by atoms with Crippen LogP contribution in [0.1, 0.15) is 37.0 Å². The first-order valence-corrected chi connectivity index (χ1v) is 5.18. The Morgan fingerprint density at radius 3 is 2.64 bits per heavy atom. The number of aryl methyl sites for hydroxylation is 1. The van der Waals surface area contributed by atoms with E-state index in [0.29, 0.717) is 11.3 Å². The lowest BCUT2D eigenvalue weighted by Crippen LogP contribution is -2.09. The molecule has 1 heterocycles. The van der Waals surface area contributed by atoms with Crippen molar-refractivity contribution in [1.29, 1.82) is 0 Å². The number of rotatable bonds is 2. The third-order valence-electron chi connectivity index (χ3n) is 3.92. The van der Waals surface area contributed by atoms with Gasteiger partial charge in [0.2, 0.25) is 0 Å². The van der Waals surface area contributed by atoms with Gasteiger partial charge in [0.15, 0.2) is 5.82 Å². The summed E-state index contributed by atoms with van der Waals surface area (Å²) in [5, 5.41) is 18.1. The van der Waals surface area contributed by atoms with Crippen LogP contribution in [0.15, 0.2) is 0 Å². The third kappa shape index (κ3) is 0.974. The van der Waals surface area contributed by atoms with Crippen LogP contribution < -0.4 is 0 Å². The lowest BCUT2D eigenvalue weighted by molar-refractivity contribution is 0.132. The first kappa shape index (κ1) is 8.41. The molecular formula is C10H15N3O. The molecule has 76 valence electrons. The Morgan fingerprint density at radius 1 is 1.50 bits per heavy atom. The predicted octanol–water partition coefficient (Wildman–Crippen LogP) is 0.957. The van der Waals surface area contributed by atoms with E-state index in [2.05, 4.69) is 10.2 Å². The van der Waals surface area contributed by atoms with E-state index in [-0.39, 0.29) is 0 Å². The fourth-order valence-corrected chi connectivity index (χ4v) is 2.42. The van der Waals surface area contributed by atoms with E-state index in [0.717, 1.165) is 11.6 Å². The average molecular weight is 193 g/mol. The van der Waals surface area contributed by atoms with E-state index in [4.69, 9.17) is 0 Å². The van der Waals surface area contributed by atoms with Gasteiger partial charge in [-0.2, -0.15) is 0 Å². The fourth-order valence-electron chi connectivity index (χ4n) is 2.42. The van der Waals surface area contributed by atoms with Crippen molar-refractivity contribution in [3.05, 3.63) is 11.6 Å². The summed E-state index contributed by atoms with van der Waals surface area (Å²) in [7, 11) is 1.91. The van der Waals surface area contributed by atoms with Gasteiger partial charge in [0.05, 0.1) is 0 Å². The Morgan fingerprint density at radius 2 is 2.21 bits per heavy atom. The Balaban J connectivity index is 1.85. The SMILES string of the molecule is Cc1nnc(C(O)C2CC23CC3)n1C. The highest BCUT2D eigenvalue weighted by Gasteiger charge is 2.65. The molecule has 0 aliphatic heterocycles. The molecule has 4 nitrogen and oxygen atoms in total. The summed E-state index contributed by atoms with van der Waals surface area (Å²) in [5.41, 5.74) is 0.513. The van der Waals surface area contributed by atoms with Gasteiger partial charge in [-0.15, -0.1) is 10.2 Å². The smallest absolute Gasteiger partial charge is 0.162 e. The van der Waals surface area contributed by atoms with Crippen molar-refractivity contribution in [3.8, 4) is 0 Å². The second-order valence-corrected chi connectivity index (χ2v) is 4.78. The van der Waals surface area contributed by atoms with Crippen molar-refractivity contribution >= 4 is 0 Å². The summed E-state index contributed by atoms with van der Waals surface area (Å²) in [4.78, 5) is 0. The van der Waals surface area contributed by atoms with Crippen LogP contribution in [0.5, 0.6) is 0 Å². The molecule has 1 aromatic heterocycles. The number of nitrogens with zero attached hydrogens (tertiary/aromatic N) is 3. The van der Waals surface area contributed by atoms with Gasteiger partial charge in [-0.25, -0.2) is 0 Å². The minimum Gasteiger partial charge on any atom is -0.385 e. The molecular weight excluding hydrogens is 178 g/mol. The molecule has 0 bridgehead atoms. The van der Waals surface area contributed by atoms with Crippen LogP contribution in [0.4, 0.5) is 0 Å². The van der Waals surface area contributed by atoms with Crippen molar-refractivity contribution in [2.24, 2.45) is 18.4 Å². The van der Waals surface area contributed by atoms with Gasteiger partial charge in [-0.3, -0.25) is 0 Å². The van der Waals surface area contributed by atoms with E-state index in [9.17, 15) is 5.11 Å². The van der Waals surface area contributed by atoms with Crippen LogP contribution >= 0.6 is 0 Å². The summed E-state index contributed by atoms with van der Waals surface area (Å²) in [6.07, 6.45) is 3.38. The Bertz CT molecular complexity index is 381. The summed E-state index contributed by atoms with van der Waals surface area (Å²) in [5.74, 6) is 2.05. The molecule has 1 aromatic rings. The maximum Gasteiger partial charge on any atom is 0.162 e. The van der Waals surface area contributed by atoms with Crippen LogP contribution in [0.25, 0.3) is 0 Å². The number of aliphatic hydroxyl groups is 1. The maximum absolute atomic E-state index is 10.1. The summed E-state index contributed by atoms with van der Waals surface area (Å²) in [6.45, 7) is 1.91. The topological polar surface area (TPSA) is 50.9 Å². The fraction of sp³-hybridized carbons (Fsp3) is 0.800. The van der Waals surface area contributed by atoms with Gasteiger partial charge < -0.3 is 9.67 Å². The van der Waals surface area contributed by atoms with Crippen LogP contribution in [0, 0.1) is 18.3 Å². The first-order valence-electron chi connectivity index (χ1n) is 5.18. The third-order valence-corrected chi connectivity index (χ3v) is 3.92. The van der Waals surface area contributed by atoms with Gasteiger partial charge in [0.25, 0.3) is 0 Å². The first-order chi connectivity index (χ1) is 6.64. The molecule has 1 N–H and O–H groups in total. The quantitative estimate of drug-likeness (QED) is 0.761. The van der Waals surface area contributed by atoms with Crippen LogP contribution in [0.3, 0.4) is 0 Å². The zero-order valence-electron chi connectivity index (χ0n) is 8.56. The number of hydrogen-bond donors (Lipinski definition) is 1. The van der Waals surface area contributed by atoms with E-state index < -0.39 is 6.10 Å². The molecule has 0 radical (unpaired) electrons. The highest BCUT2D eigenvalue weighted by molar-refractivity contribution is 5.17. The highest BCUT2D eigenvalue weighted by atomic mass is 16.3. The molecule has 2 fully saturated rings. The molecule has 2 atom stereocenters. The second-order valence-electron chi connectivity index (χ2n) is 4.78. The van der Waals surface area contributed by atoms with Crippen molar-refractivity contribution < 1.29 is 5.11 Å². The van der Waals surface area contributed by atoms with E-state index >= 15 is 0 Å². The molecule has 0 amide bonds. The van der Waals surface area contributed by atoms with Crippen LogP contribution in [-0.2, 0) is 7.05 Å². The molecule has 2 unspecified atom stereocenters. The lowest BCUT2D eigenvalue weighted by Gasteiger charge is -2.08. The van der Waals surface area contributed by atoms with E-state index in [1.807, 2.05) is 18.5 Å². The molecule has 14 heavy (non-hydrogen) atoms. The second kappa shape index (κ2) is 2.37. The molecule has 0 saturated heterocycles. The Kier molecular flexibility index (Phi) is 1.42. The maximum atomic E-state index is 10.1. The number of aliphatic hydroxyl groups excluding tert-OH is 1. The van der Waals surface area contributed by atoms with Crippen molar-refractivity contribution in [1.82, 2.24) is 14.8 Å². The van der Waals surface area contributed by atoms with Gasteiger partial charge in [-0.1, -0.05) is 0 Å². The molecule has 4 heteroatoms. The van der Waals surface area contributed by atoms with Gasteiger partial charge in [-0.05, 0) is 37.5 Å². The van der Waals surface area contributed by atoms with E-state index in [1.165, 1.54) is 19.3 Å². The van der Waals surface area contributed by atoms with Gasteiger partial charge in [0, 0.05) is 7.05 Å². The standard InChI is InChI=1S/C10H15N3O/c1-6-11-12-9(13(6)2)8(14)7-5-10(7)3-4-10/h7-8,14H,3-5H2,1-2H3. The monoisotopic (exact) mass is 193 g/mol. The molecule has 0 aromatic carbocycles. The summed E-state index contributed by atoms with van der Waals surface area (Å²) >= 11 is 0.